The molecule has 46 heavy (non-hydrogen) atoms. The Bertz CT molecular complexity index is 2550. The van der Waals surface area contributed by atoms with Gasteiger partial charge in [0.25, 0.3) is 0 Å². The number of hydrogen-bond donors (Lipinski definition) is 0. The molecule has 1 nitrogen and oxygen atoms in total. The second-order valence-electron chi connectivity index (χ2n) is 11.9. The molecule has 1 heteroatoms. The lowest BCUT2D eigenvalue weighted by Gasteiger charge is -2.19. The van der Waals surface area contributed by atoms with Gasteiger partial charge in [-0.25, -0.2) is 0 Å². The van der Waals surface area contributed by atoms with Crippen molar-refractivity contribution in [3.05, 3.63) is 176 Å². The molecule has 0 atom stereocenters. The molecular formula is C45H29N. The Balaban J connectivity index is 1.34. The maximum absolute atomic E-state index is 5.19. The first-order valence-electron chi connectivity index (χ1n) is 15.8. The average molecular weight is 584 g/mol. The molecule has 0 unspecified atom stereocenters. The molecule has 9 aromatic rings. The van der Waals surface area contributed by atoms with Gasteiger partial charge in [-0.15, -0.1) is 0 Å². The van der Waals surface area contributed by atoms with Crippen molar-refractivity contribution in [2.24, 2.45) is 0 Å². The Kier molecular flexibility index (Phi) is 6.21. The molecule has 0 aliphatic carbocycles. The summed E-state index contributed by atoms with van der Waals surface area (Å²) in [6.07, 6.45) is 2.04. The molecule has 0 fully saturated rings. The first-order chi connectivity index (χ1) is 22.8. The van der Waals surface area contributed by atoms with Crippen LogP contribution in [0.25, 0.3) is 87.7 Å². The SMILES string of the molecule is c1ccc(-c2ccc3c(-c4cccc5ccccc45)c4ccccc4c(-c4ccc(-c5cccc6ccccc56)cn4)c3c2)cc1. The number of nitrogens with zero attached hydrogens (tertiary/aromatic N) is 1. The number of benzene rings is 8. The van der Waals surface area contributed by atoms with E-state index in [-0.39, 0.29) is 0 Å². The second kappa shape index (κ2) is 10.8. The van der Waals surface area contributed by atoms with Gasteiger partial charge in [-0.1, -0.05) is 158 Å². The summed E-state index contributed by atoms with van der Waals surface area (Å²) in [6, 6.07) is 61.2. The number of pyridine rings is 1. The molecule has 9 rings (SSSR count). The van der Waals surface area contributed by atoms with Gasteiger partial charge in [-0.3, -0.25) is 4.98 Å². The third-order valence-electron chi connectivity index (χ3n) is 9.31. The number of hydrogen-bond acceptors (Lipinski definition) is 1. The largest absolute Gasteiger partial charge is 0.256 e. The lowest BCUT2D eigenvalue weighted by Crippen LogP contribution is -1.94. The van der Waals surface area contributed by atoms with Crippen molar-refractivity contribution >= 4 is 43.1 Å². The number of fused-ring (bicyclic) bond motifs is 4. The van der Waals surface area contributed by atoms with Crippen molar-refractivity contribution < 1.29 is 0 Å². The summed E-state index contributed by atoms with van der Waals surface area (Å²) in [6.45, 7) is 0. The topological polar surface area (TPSA) is 12.9 Å². The lowest BCUT2D eigenvalue weighted by atomic mass is 9.84. The molecule has 0 saturated carbocycles. The third kappa shape index (κ3) is 4.29. The molecule has 0 bridgehead atoms. The van der Waals surface area contributed by atoms with Gasteiger partial charge in [-0.05, 0) is 83.0 Å². The maximum atomic E-state index is 5.19. The Morgan fingerprint density at radius 1 is 0.304 bits per heavy atom. The van der Waals surface area contributed by atoms with Crippen LogP contribution in [0.5, 0.6) is 0 Å². The summed E-state index contributed by atoms with van der Waals surface area (Å²) >= 11 is 0. The molecule has 8 aromatic carbocycles. The Morgan fingerprint density at radius 3 is 1.54 bits per heavy atom. The fourth-order valence-corrected chi connectivity index (χ4v) is 7.18. The zero-order valence-electron chi connectivity index (χ0n) is 25.2. The van der Waals surface area contributed by atoms with Crippen LogP contribution in [0.4, 0.5) is 0 Å². The monoisotopic (exact) mass is 583 g/mol. The fourth-order valence-electron chi connectivity index (χ4n) is 7.18. The quantitative estimate of drug-likeness (QED) is 0.188. The van der Waals surface area contributed by atoms with Crippen molar-refractivity contribution in [1.29, 1.82) is 0 Å². The second-order valence-corrected chi connectivity index (χ2v) is 11.9. The summed E-state index contributed by atoms with van der Waals surface area (Å²) in [5.41, 5.74) is 9.36. The molecule has 0 radical (unpaired) electrons. The van der Waals surface area contributed by atoms with Gasteiger partial charge < -0.3 is 0 Å². The highest BCUT2D eigenvalue weighted by Crippen LogP contribution is 2.46. The van der Waals surface area contributed by atoms with Crippen LogP contribution in [0.1, 0.15) is 0 Å². The van der Waals surface area contributed by atoms with Crippen LogP contribution in [0.15, 0.2) is 176 Å². The minimum atomic E-state index is 0.972. The molecular weight excluding hydrogens is 555 g/mol. The van der Waals surface area contributed by atoms with E-state index in [2.05, 4.69) is 170 Å². The van der Waals surface area contributed by atoms with E-state index in [0.717, 1.165) is 16.8 Å². The van der Waals surface area contributed by atoms with Crippen LogP contribution in [-0.4, -0.2) is 4.98 Å². The van der Waals surface area contributed by atoms with Gasteiger partial charge >= 0.3 is 0 Å². The van der Waals surface area contributed by atoms with Crippen molar-refractivity contribution in [3.63, 3.8) is 0 Å². The zero-order valence-corrected chi connectivity index (χ0v) is 25.2. The van der Waals surface area contributed by atoms with Crippen molar-refractivity contribution in [3.8, 4) is 44.6 Å². The number of aromatic nitrogens is 1. The summed E-state index contributed by atoms with van der Waals surface area (Å²) in [5.74, 6) is 0. The van der Waals surface area contributed by atoms with Crippen LogP contribution in [0.3, 0.4) is 0 Å². The van der Waals surface area contributed by atoms with E-state index in [4.69, 9.17) is 4.98 Å². The molecule has 0 amide bonds. The van der Waals surface area contributed by atoms with Crippen molar-refractivity contribution in [2.75, 3.05) is 0 Å². The van der Waals surface area contributed by atoms with E-state index in [0.29, 0.717) is 0 Å². The van der Waals surface area contributed by atoms with E-state index < -0.39 is 0 Å². The Hall–Kier alpha value is -6.05. The van der Waals surface area contributed by atoms with Gasteiger partial charge in [0.15, 0.2) is 0 Å². The maximum Gasteiger partial charge on any atom is 0.0714 e. The standard InChI is InChI=1S/C45H29N/c1-2-12-30(13-3-1)33-24-26-41-42(28-33)45(43-27-25-34(29-46-43)37-22-10-16-31-14-4-6-18-35(31)37)40-21-9-8-20-39(40)44(41)38-23-11-17-32-15-5-7-19-36(32)38/h1-29H. The van der Waals surface area contributed by atoms with Crippen LogP contribution < -0.4 is 0 Å². The molecule has 0 aliphatic rings. The number of rotatable bonds is 4. The molecule has 1 aromatic heterocycles. The van der Waals surface area contributed by atoms with Gasteiger partial charge in [0.05, 0.1) is 5.69 Å². The summed E-state index contributed by atoms with van der Waals surface area (Å²) in [5, 5.41) is 9.84. The fraction of sp³-hybridized carbons (Fsp3) is 0. The van der Waals surface area contributed by atoms with E-state index >= 15 is 0 Å². The smallest absolute Gasteiger partial charge is 0.0714 e. The molecule has 0 aliphatic heterocycles. The van der Waals surface area contributed by atoms with E-state index in [1.165, 1.54) is 70.9 Å². The summed E-state index contributed by atoms with van der Waals surface area (Å²) in [7, 11) is 0. The first-order valence-corrected chi connectivity index (χ1v) is 15.8. The van der Waals surface area contributed by atoms with Crippen LogP contribution >= 0.6 is 0 Å². The van der Waals surface area contributed by atoms with Crippen LogP contribution in [-0.2, 0) is 0 Å². The van der Waals surface area contributed by atoms with Crippen LogP contribution in [0.2, 0.25) is 0 Å². The van der Waals surface area contributed by atoms with Gasteiger partial charge in [0.1, 0.15) is 0 Å². The highest BCUT2D eigenvalue weighted by Gasteiger charge is 2.19. The van der Waals surface area contributed by atoms with Crippen LogP contribution in [0, 0.1) is 0 Å². The Labute approximate surface area is 268 Å². The van der Waals surface area contributed by atoms with E-state index in [1.807, 2.05) is 6.20 Å². The normalized spacial score (nSPS) is 11.5. The third-order valence-corrected chi connectivity index (χ3v) is 9.31. The molecule has 0 saturated heterocycles. The lowest BCUT2D eigenvalue weighted by molar-refractivity contribution is 1.34. The highest BCUT2D eigenvalue weighted by molar-refractivity contribution is 6.23. The van der Waals surface area contributed by atoms with Gasteiger partial charge in [0.2, 0.25) is 0 Å². The molecule has 1 heterocycles. The minimum absolute atomic E-state index is 0.972. The zero-order chi connectivity index (χ0) is 30.5. The molecule has 214 valence electrons. The average Bonchev–Trinajstić information content (AvgIpc) is 3.14. The Morgan fingerprint density at radius 2 is 0.848 bits per heavy atom. The predicted octanol–water partition coefficient (Wildman–Crippen LogP) is 12.4. The molecule has 0 spiro atoms. The predicted molar refractivity (Wildman–Crippen MR) is 196 cm³/mol. The van der Waals surface area contributed by atoms with Gasteiger partial charge in [-0.2, -0.15) is 0 Å². The highest BCUT2D eigenvalue weighted by atomic mass is 14.7. The summed E-state index contributed by atoms with van der Waals surface area (Å²) < 4.78 is 0. The van der Waals surface area contributed by atoms with E-state index in [1.54, 1.807) is 0 Å². The summed E-state index contributed by atoms with van der Waals surface area (Å²) in [4.78, 5) is 5.19. The van der Waals surface area contributed by atoms with Crippen molar-refractivity contribution in [1.82, 2.24) is 4.98 Å². The molecule has 0 N–H and O–H groups in total. The van der Waals surface area contributed by atoms with Crippen molar-refractivity contribution in [2.45, 2.75) is 0 Å². The minimum Gasteiger partial charge on any atom is -0.256 e. The van der Waals surface area contributed by atoms with Gasteiger partial charge in [0, 0.05) is 17.3 Å². The van der Waals surface area contributed by atoms with E-state index in [9.17, 15) is 0 Å². The first kappa shape index (κ1) is 26.4.